The zero-order valence-corrected chi connectivity index (χ0v) is 11.3. The highest BCUT2D eigenvalue weighted by Crippen LogP contribution is 2.38. The summed E-state index contributed by atoms with van der Waals surface area (Å²) in [7, 11) is 0. The normalized spacial score (nSPS) is 24.3. The molecule has 1 N–H and O–H groups in total. The van der Waals surface area contributed by atoms with E-state index in [-0.39, 0.29) is 12.4 Å². The third-order valence-electron chi connectivity index (χ3n) is 4.75. The van der Waals surface area contributed by atoms with E-state index in [0.29, 0.717) is 11.6 Å². The van der Waals surface area contributed by atoms with Gasteiger partial charge in [0.15, 0.2) is 0 Å². The number of hydrogen-bond acceptors (Lipinski definition) is 2. The summed E-state index contributed by atoms with van der Waals surface area (Å²) in [5.74, 6) is 0.566. The molecule has 1 saturated carbocycles. The number of benzene rings is 1. The van der Waals surface area contributed by atoms with E-state index in [2.05, 4.69) is 4.90 Å². The van der Waals surface area contributed by atoms with Crippen LogP contribution in [0.5, 0.6) is 0 Å². The first kappa shape index (κ1) is 12.9. The molecule has 1 aliphatic carbocycles. The highest BCUT2D eigenvalue weighted by Gasteiger charge is 2.34. The Labute approximate surface area is 114 Å². The van der Waals surface area contributed by atoms with Crippen molar-refractivity contribution >= 4 is 5.69 Å². The first-order chi connectivity index (χ1) is 9.29. The topological polar surface area (TPSA) is 23.5 Å². The van der Waals surface area contributed by atoms with Gasteiger partial charge in [-0.25, -0.2) is 4.39 Å². The van der Waals surface area contributed by atoms with Crippen LogP contribution in [0, 0.1) is 11.7 Å². The molecule has 1 aromatic rings. The van der Waals surface area contributed by atoms with E-state index in [4.69, 9.17) is 5.11 Å². The van der Waals surface area contributed by atoms with Crippen LogP contribution in [-0.4, -0.2) is 17.7 Å². The van der Waals surface area contributed by atoms with Crippen molar-refractivity contribution in [2.75, 3.05) is 11.4 Å². The highest BCUT2D eigenvalue weighted by molar-refractivity contribution is 5.51. The fraction of sp³-hybridized carbons (Fsp3) is 0.625. The van der Waals surface area contributed by atoms with Crippen LogP contribution >= 0.6 is 0 Å². The van der Waals surface area contributed by atoms with Gasteiger partial charge >= 0.3 is 0 Å². The molecule has 19 heavy (non-hydrogen) atoms. The fourth-order valence-electron chi connectivity index (χ4n) is 3.81. The maximum Gasteiger partial charge on any atom is 0.146 e. The van der Waals surface area contributed by atoms with Crippen LogP contribution in [0.15, 0.2) is 18.2 Å². The third kappa shape index (κ3) is 2.48. The van der Waals surface area contributed by atoms with Gasteiger partial charge in [0, 0.05) is 12.6 Å². The SMILES string of the molecule is OCc1ccc(N2CCCC2C2CCCC2)c(F)c1. The summed E-state index contributed by atoms with van der Waals surface area (Å²) >= 11 is 0. The molecule has 2 fully saturated rings. The van der Waals surface area contributed by atoms with Crippen molar-refractivity contribution < 1.29 is 9.50 Å². The lowest BCUT2D eigenvalue weighted by Crippen LogP contribution is -2.35. The first-order valence-corrected chi connectivity index (χ1v) is 7.45. The predicted molar refractivity (Wildman–Crippen MR) is 74.6 cm³/mol. The Bertz CT molecular complexity index is 442. The lowest BCUT2D eigenvalue weighted by Gasteiger charge is -2.31. The summed E-state index contributed by atoms with van der Waals surface area (Å²) < 4.78 is 14.2. The van der Waals surface area contributed by atoms with Gasteiger partial charge in [-0.15, -0.1) is 0 Å². The molecule has 1 aliphatic heterocycles. The van der Waals surface area contributed by atoms with E-state index in [1.165, 1.54) is 44.6 Å². The largest absolute Gasteiger partial charge is 0.392 e. The van der Waals surface area contributed by atoms with Crippen molar-refractivity contribution in [1.29, 1.82) is 0 Å². The zero-order chi connectivity index (χ0) is 13.2. The summed E-state index contributed by atoms with van der Waals surface area (Å²) in [6.45, 7) is 0.875. The van der Waals surface area contributed by atoms with Gasteiger partial charge in [-0.3, -0.25) is 0 Å². The van der Waals surface area contributed by atoms with Crippen LogP contribution < -0.4 is 4.90 Å². The molecule has 1 heterocycles. The van der Waals surface area contributed by atoms with Gasteiger partial charge < -0.3 is 10.0 Å². The van der Waals surface area contributed by atoms with Gasteiger partial charge in [-0.05, 0) is 49.3 Å². The Kier molecular flexibility index (Phi) is 3.74. The Morgan fingerprint density at radius 1 is 1.16 bits per heavy atom. The van der Waals surface area contributed by atoms with Crippen LogP contribution in [0.3, 0.4) is 0 Å². The van der Waals surface area contributed by atoms with E-state index in [0.717, 1.165) is 18.2 Å². The van der Waals surface area contributed by atoms with Crippen LogP contribution in [-0.2, 0) is 6.61 Å². The molecule has 0 spiro atoms. The smallest absolute Gasteiger partial charge is 0.146 e. The van der Waals surface area contributed by atoms with Gasteiger partial charge in [-0.1, -0.05) is 18.9 Å². The van der Waals surface area contributed by atoms with Crippen LogP contribution in [0.1, 0.15) is 44.1 Å². The summed E-state index contributed by atoms with van der Waals surface area (Å²) in [5.41, 5.74) is 1.38. The number of aliphatic hydroxyl groups excluding tert-OH is 1. The highest BCUT2D eigenvalue weighted by atomic mass is 19.1. The van der Waals surface area contributed by atoms with Gasteiger partial charge in [0.1, 0.15) is 5.82 Å². The van der Waals surface area contributed by atoms with Crippen molar-refractivity contribution in [2.45, 2.75) is 51.2 Å². The average Bonchev–Trinajstić information content (AvgIpc) is 3.08. The van der Waals surface area contributed by atoms with Crippen molar-refractivity contribution in [3.63, 3.8) is 0 Å². The van der Waals surface area contributed by atoms with E-state index in [1.807, 2.05) is 12.1 Å². The minimum absolute atomic E-state index is 0.0940. The van der Waals surface area contributed by atoms with Gasteiger partial charge in [0.05, 0.1) is 12.3 Å². The number of anilines is 1. The molecule has 0 bridgehead atoms. The minimum atomic E-state index is -0.184. The molecule has 104 valence electrons. The predicted octanol–water partition coefficient (Wildman–Crippen LogP) is 3.48. The Morgan fingerprint density at radius 3 is 2.63 bits per heavy atom. The molecule has 1 unspecified atom stereocenters. The summed E-state index contributed by atoms with van der Waals surface area (Å²) in [6, 6.07) is 5.67. The molecule has 1 saturated heterocycles. The molecular weight excluding hydrogens is 241 g/mol. The molecule has 0 aromatic heterocycles. The van der Waals surface area contributed by atoms with Gasteiger partial charge in [-0.2, -0.15) is 0 Å². The molecule has 2 aliphatic rings. The summed E-state index contributed by atoms with van der Waals surface area (Å²) in [6.07, 6.45) is 7.64. The van der Waals surface area contributed by atoms with Gasteiger partial charge in [0.25, 0.3) is 0 Å². The van der Waals surface area contributed by atoms with Crippen molar-refractivity contribution in [1.82, 2.24) is 0 Å². The molecule has 3 rings (SSSR count). The Morgan fingerprint density at radius 2 is 1.95 bits per heavy atom. The maximum absolute atomic E-state index is 14.2. The van der Waals surface area contributed by atoms with E-state index in [1.54, 1.807) is 0 Å². The number of halogens is 1. The quantitative estimate of drug-likeness (QED) is 0.902. The van der Waals surface area contributed by atoms with E-state index >= 15 is 0 Å². The number of hydrogen-bond donors (Lipinski definition) is 1. The molecule has 1 atom stereocenters. The van der Waals surface area contributed by atoms with E-state index < -0.39 is 0 Å². The number of aliphatic hydroxyl groups is 1. The summed E-state index contributed by atoms with van der Waals surface area (Å²) in [4.78, 5) is 2.27. The Balaban J connectivity index is 1.83. The maximum atomic E-state index is 14.2. The van der Waals surface area contributed by atoms with Crippen LogP contribution in [0.4, 0.5) is 10.1 Å². The molecule has 1 aromatic carbocycles. The molecular formula is C16H22FNO. The van der Waals surface area contributed by atoms with E-state index in [9.17, 15) is 4.39 Å². The fourth-order valence-corrected chi connectivity index (χ4v) is 3.81. The minimum Gasteiger partial charge on any atom is -0.392 e. The summed E-state index contributed by atoms with van der Waals surface area (Å²) in [5, 5.41) is 9.06. The molecule has 2 nitrogen and oxygen atoms in total. The van der Waals surface area contributed by atoms with Crippen molar-refractivity contribution in [3.05, 3.63) is 29.6 Å². The lowest BCUT2D eigenvalue weighted by atomic mass is 9.95. The molecule has 3 heteroatoms. The number of nitrogens with zero attached hydrogens (tertiary/aromatic N) is 1. The van der Waals surface area contributed by atoms with Gasteiger partial charge in [0.2, 0.25) is 0 Å². The standard InChI is InChI=1S/C16H22FNO/c17-14-10-12(11-19)7-8-16(14)18-9-3-6-15(18)13-4-1-2-5-13/h7-8,10,13,15,19H,1-6,9,11H2. The molecule has 0 amide bonds. The second-order valence-corrected chi connectivity index (χ2v) is 5.89. The number of rotatable bonds is 3. The monoisotopic (exact) mass is 263 g/mol. The zero-order valence-electron chi connectivity index (χ0n) is 11.3. The molecule has 0 radical (unpaired) electrons. The lowest BCUT2D eigenvalue weighted by molar-refractivity contribution is 0.281. The second kappa shape index (κ2) is 5.49. The third-order valence-corrected chi connectivity index (χ3v) is 4.75. The van der Waals surface area contributed by atoms with Crippen LogP contribution in [0.2, 0.25) is 0 Å². The Hall–Kier alpha value is -1.09. The van der Waals surface area contributed by atoms with Crippen molar-refractivity contribution in [3.8, 4) is 0 Å². The first-order valence-electron chi connectivity index (χ1n) is 7.45. The van der Waals surface area contributed by atoms with Crippen LogP contribution in [0.25, 0.3) is 0 Å². The second-order valence-electron chi connectivity index (χ2n) is 5.89. The average molecular weight is 263 g/mol. The van der Waals surface area contributed by atoms with Crippen molar-refractivity contribution in [2.24, 2.45) is 5.92 Å².